The maximum Gasteiger partial charge on any atom is 0.339 e. The SMILES string of the molecule is CCNc1nc(C)ccc1C(=O)O. The quantitative estimate of drug-likeness (QED) is 0.740. The first-order valence-corrected chi connectivity index (χ1v) is 4.10. The zero-order chi connectivity index (χ0) is 9.84. The lowest BCUT2D eigenvalue weighted by Gasteiger charge is -2.06. The molecular weight excluding hydrogens is 168 g/mol. The number of aromatic carboxylic acids is 1. The largest absolute Gasteiger partial charge is 0.478 e. The van der Waals surface area contributed by atoms with Gasteiger partial charge in [0.05, 0.1) is 0 Å². The van der Waals surface area contributed by atoms with E-state index in [0.717, 1.165) is 5.69 Å². The maximum atomic E-state index is 10.7. The third-order valence-electron chi connectivity index (χ3n) is 1.61. The summed E-state index contributed by atoms with van der Waals surface area (Å²) >= 11 is 0. The summed E-state index contributed by atoms with van der Waals surface area (Å²) in [4.78, 5) is 14.8. The van der Waals surface area contributed by atoms with E-state index in [0.29, 0.717) is 12.4 Å². The number of anilines is 1. The molecule has 0 bridgehead atoms. The van der Waals surface area contributed by atoms with Gasteiger partial charge in [0.25, 0.3) is 0 Å². The van der Waals surface area contributed by atoms with Gasteiger partial charge < -0.3 is 10.4 Å². The van der Waals surface area contributed by atoms with Crippen molar-refractivity contribution >= 4 is 11.8 Å². The number of carbonyl (C=O) groups is 1. The van der Waals surface area contributed by atoms with E-state index >= 15 is 0 Å². The predicted molar refractivity (Wildman–Crippen MR) is 50.1 cm³/mol. The van der Waals surface area contributed by atoms with Crippen LogP contribution in [0.2, 0.25) is 0 Å². The molecule has 0 aliphatic rings. The maximum absolute atomic E-state index is 10.7. The van der Waals surface area contributed by atoms with E-state index in [-0.39, 0.29) is 5.56 Å². The second-order valence-electron chi connectivity index (χ2n) is 2.68. The van der Waals surface area contributed by atoms with Crippen LogP contribution in [0.15, 0.2) is 12.1 Å². The molecule has 0 amide bonds. The molecule has 4 nitrogen and oxygen atoms in total. The Morgan fingerprint density at radius 2 is 2.31 bits per heavy atom. The van der Waals surface area contributed by atoms with Crippen LogP contribution in [-0.2, 0) is 0 Å². The molecule has 0 unspecified atom stereocenters. The normalized spacial score (nSPS) is 9.69. The second-order valence-corrected chi connectivity index (χ2v) is 2.68. The lowest BCUT2D eigenvalue weighted by Crippen LogP contribution is -2.08. The van der Waals surface area contributed by atoms with Crippen LogP contribution < -0.4 is 5.32 Å². The van der Waals surface area contributed by atoms with Crippen molar-refractivity contribution in [2.45, 2.75) is 13.8 Å². The van der Waals surface area contributed by atoms with Crippen molar-refractivity contribution in [3.05, 3.63) is 23.4 Å². The van der Waals surface area contributed by atoms with Crippen molar-refractivity contribution in [1.29, 1.82) is 0 Å². The van der Waals surface area contributed by atoms with Gasteiger partial charge in [0.1, 0.15) is 11.4 Å². The fraction of sp³-hybridized carbons (Fsp3) is 0.333. The molecule has 0 aliphatic heterocycles. The molecule has 13 heavy (non-hydrogen) atoms. The van der Waals surface area contributed by atoms with Gasteiger partial charge in [0.15, 0.2) is 0 Å². The van der Waals surface area contributed by atoms with Crippen LogP contribution in [0.1, 0.15) is 23.0 Å². The van der Waals surface area contributed by atoms with E-state index in [1.165, 1.54) is 0 Å². The van der Waals surface area contributed by atoms with E-state index < -0.39 is 5.97 Å². The number of rotatable bonds is 3. The molecule has 0 atom stereocenters. The lowest BCUT2D eigenvalue weighted by molar-refractivity contribution is 0.0697. The monoisotopic (exact) mass is 180 g/mol. The average Bonchev–Trinajstić information content (AvgIpc) is 2.04. The highest BCUT2D eigenvalue weighted by atomic mass is 16.4. The summed E-state index contributed by atoms with van der Waals surface area (Å²) in [5, 5.41) is 11.7. The Labute approximate surface area is 76.6 Å². The van der Waals surface area contributed by atoms with Gasteiger partial charge in [0, 0.05) is 12.2 Å². The Morgan fingerprint density at radius 1 is 1.62 bits per heavy atom. The van der Waals surface area contributed by atoms with Crippen LogP contribution in [0.5, 0.6) is 0 Å². The highest BCUT2D eigenvalue weighted by molar-refractivity contribution is 5.93. The third-order valence-corrected chi connectivity index (χ3v) is 1.61. The summed E-state index contributed by atoms with van der Waals surface area (Å²) in [5.74, 6) is -0.515. The Balaban J connectivity index is 3.10. The first-order valence-electron chi connectivity index (χ1n) is 4.10. The summed E-state index contributed by atoms with van der Waals surface area (Å²) < 4.78 is 0. The van der Waals surface area contributed by atoms with Crippen molar-refractivity contribution in [3.8, 4) is 0 Å². The minimum absolute atomic E-state index is 0.215. The predicted octanol–water partition coefficient (Wildman–Crippen LogP) is 1.52. The van der Waals surface area contributed by atoms with Gasteiger partial charge in [-0.1, -0.05) is 0 Å². The molecule has 0 aromatic carbocycles. The molecule has 1 heterocycles. The number of carboxylic acids is 1. The van der Waals surface area contributed by atoms with Crippen molar-refractivity contribution in [2.75, 3.05) is 11.9 Å². The number of carboxylic acid groups (broad SMARTS) is 1. The highest BCUT2D eigenvalue weighted by Gasteiger charge is 2.09. The van der Waals surface area contributed by atoms with Crippen LogP contribution in [-0.4, -0.2) is 22.6 Å². The first-order chi connectivity index (χ1) is 6.15. The number of hydrogen-bond donors (Lipinski definition) is 2. The number of nitrogens with one attached hydrogen (secondary N) is 1. The van der Waals surface area contributed by atoms with Crippen molar-refractivity contribution < 1.29 is 9.90 Å². The topological polar surface area (TPSA) is 62.2 Å². The molecule has 4 heteroatoms. The Kier molecular flexibility index (Phi) is 2.84. The van der Waals surface area contributed by atoms with Crippen molar-refractivity contribution in [3.63, 3.8) is 0 Å². The highest BCUT2D eigenvalue weighted by Crippen LogP contribution is 2.12. The Bertz CT molecular complexity index is 323. The standard InChI is InChI=1S/C9H12N2O2/c1-3-10-8-7(9(12)13)5-4-6(2)11-8/h4-5H,3H2,1-2H3,(H,10,11)(H,12,13). The summed E-state index contributed by atoms with van der Waals surface area (Å²) in [5.41, 5.74) is 1.02. The minimum Gasteiger partial charge on any atom is -0.478 e. The molecule has 0 radical (unpaired) electrons. The van der Waals surface area contributed by atoms with E-state index in [2.05, 4.69) is 10.3 Å². The lowest BCUT2D eigenvalue weighted by atomic mass is 10.2. The average molecular weight is 180 g/mol. The number of hydrogen-bond acceptors (Lipinski definition) is 3. The van der Waals surface area contributed by atoms with Crippen LogP contribution in [0.25, 0.3) is 0 Å². The third kappa shape index (κ3) is 2.18. The van der Waals surface area contributed by atoms with Gasteiger partial charge in [-0.15, -0.1) is 0 Å². The van der Waals surface area contributed by atoms with Crippen LogP contribution >= 0.6 is 0 Å². The molecule has 1 rings (SSSR count). The van der Waals surface area contributed by atoms with Crippen molar-refractivity contribution in [1.82, 2.24) is 4.98 Å². The molecule has 0 saturated heterocycles. The molecule has 1 aromatic rings. The zero-order valence-electron chi connectivity index (χ0n) is 7.66. The van der Waals surface area contributed by atoms with E-state index in [9.17, 15) is 4.79 Å². The van der Waals surface area contributed by atoms with Gasteiger partial charge in [0.2, 0.25) is 0 Å². The van der Waals surface area contributed by atoms with Crippen LogP contribution in [0.4, 0.5) is 5.82 Å². The van der Waals surface area contributed by atoms with Gasteiger partial charge in [-0.05, 0) is 26.0 Å². The number of pyridine rings is 1. The zero-order valence-corrected chi connectivity index (χ0v) is 7.66. The van der Waals surface area contributed by atoms with Crippen LogP contribution in [0, 0.1) is 6.92 Å². The fourth-order valence-corrected chi connectivity index (χ4v) is 1.03. The summed E-state index contributed by atoms with van der Waals surface area (Å²) in [7, 11) is 0. The summed E-state index contributed by atoms with van der Waals surface area (Å²) in [6, 6.07) is 3.24. The molecule has 0 saturated carbocycles. The molecule has 0 spiro atoms. The first kappa shape index (κ1) is 9.51. The fourth-order valence-electron chi connectivity index (χ4n) is 1.03. The smallest absolute Gasteiger partial charge is 0.339 e. The molecule has 70 valence electrons. The van der Waals surface area contributed by atoms with Crippen LogP contribution in [0.3, 0.4) is 0 Å². The van der Waals surface area contributed by atoms with E-state index in [1.54, 1.807) is 12.1 Å². The van der Waals surface area contributed by atoms with Gasteiger partial charge >= 0.3 is 5.97 Å². The minimum atomic E-state index is -0.955. The van der Waals surface area contributed by atoms with E-state index in [4.69, 9.17) is 5.11 Å². The molecule has 0 fully saturated rings. The number of aromatic nitrogens is 1. The Hall–Kier alpha value is -1.58. The van der Waals surface area contributed by atoms with Gasteiger partial charge in [-0.2, -0.15) is 0 Å². The molecular formula is C9H12N2O2. The van der Waals surface area contributed by atoms with E-state index in [1.807, 2.05) is 13.8 Å². The molecule has 1 aromatic heterocycles. The Morgan fingerprint density at radius 3 is 2.85 bits per heavy atom. The van der Waals surface area contributed by atoms with Gasteiger partial charge in [-0.3, -0.25) is 0 Å². The molecule has 0 aliphatic carbocycles. The second kappa shape index (κ2) is 3.89. The summed E-state index contributed by atoms with van der Waals surface area (Å²) in [6.45, 7) is 4.39. The summed E-state index contributed by atoms with van der Waals surface area (Å²) in [6.07, 6.45) is 0. The van der Waals surface area contributed by atoms with Gasteiger partial charge in [-0.25, -0.2) is 9.78 Å². The number of nitrogens with zero attached hydrogens (tertiary/aromatic N) is 1. The number of aryl methyl sites for hydroxylation is 1. The van der Waals surface area contributed by atoms with Crippen molar-refractivity contribution in [2.24, 2.45) is 0 Å². The molecule has 2 N–H and O–H groups in total.